The maximum Gasteiger partial charge on any atom is 0.339 e. The smallest absolute Gasteiger partial charge is 0.339 e. The molecule has 2 heterocycles. The third-order valence-electron chi connectivity index (χ3n) is 6.20. The monoisotopic (exact) mass is 389 g/mol. The van der Waals surface area contributed by atoms with Crippen molar-refractivity contribution < 1.29 is 19.1 Å². The number of hydrogen-bond donors (Lipinski definition) is 1. The van der Waals surface area contributed by atoms with Crippen LogP contribution >= 0.6 is 0 Å². The molecule has 7 heteroatoms. The van der Waals surface area contributed by atoms with Crippen molar-refractivity contribution in [2.24, 2.45) is 5.92 Å². The molecule has 0 atom stereocenters. The Morgan fingerprint density at radius 1 is 1.04 bits per heavy atom. The molecule has 2 amide bonds. The number of carbonyl (C=O) groups is 3. The van der Waals surface area contributed by atoms with Crippen molar-refractivity contribution in [1.82, 2.24) is 14.8 Å². The first-order valence-corrected chi connectivity index (χ1v) is 10.3. The van der Waals surface area contributed by atoms with Gasteiger partial charge in [0.2, 0.25) is 5.91 Å². The molecule has 3 rings (SSSR count). The van der Waals surface area contributed by atoms with Gasteiger partial charge in [0, 0.05) is 38.3 Å². The van der Waals surface area contributed by atoms with Gasteiger partial charge in [0.15, 0.2) is 0 Å². The number of piperazine rings is 1. The van der Waals surface area contributed by atoms with Crippen LogP contribution in [0.3, 0.4) is 0 Å². The zero-order valence-corrected chi connectivity index (χ0v) is 17.2. The van der Waals surface area contributed by atoms with Gasteiger partial charge >= 0.3 is 5.97 Å². The average Bonchev–Trinajstić information content (AvgIpc) is 3.33. The summed E-state index contributed by atoms with van der Waals surface area (Å²) >= 11 is 0. The van der Waals surface area contributed by atoms with E-state index in [9.17, 15) is 14.4 Å². The summed E-state index contributed by atoms with van der Waals surface area (Å²) in [6.45, 7) is 5.68. The van der Waals surface area contributed by atoms with Gasteiger partial charge in [0.05, 0.1) is 12.7 Å². The number of esters is 1. The van der Waals surface area contributed by atoms with Gasteiger partial charge in [-0.05, 0) is 31.7 Å². The van der Waals surface area contributed by atoms with Crippen LogP contribution in [0.15, 0.2) is 0 Å². The number of hydrogen-bond acceptors (Lipinski definition) is 4. The highest BCUT2D eigenvalue weighted by molar-refractivity contribution is 6.00. The standard InChI is InChI=1S/C21H31N3O4/c1-14-18(21(27)28-3)15(2)22-19(14)20(26)24-12-10-23(11-13-24)17(25)9-8-16-6-4-5-7-16/h16,22H,4-13H2,1-3H3. The van der Waals surface area contributed by atoms with Gasteiger partial charge in [-0.15, -0.1) is 0 Å². The van der Waals surface area contributed by atoms with Gasteiger partial charge in [0.25, 0.3) is 5.91 Å². The van der Waals surface area contributed by atoms with Gasteiger partial charge in [-0.25, -0.2) is 4.79 Å². The summed E-state index contributed by atoms with van der Waals surface area (Å²) in [7, 11) is 1.33. The number of rotatable bonds is 5. The largest absolute Gasteiger partial charge is 0.465 e. The highest BCUT2D eigenvalue weighted by Crippen LogP contribution is 2.29. The Labute approximate surface area is 166 Å². The van der Waals surface area contributed by atoms with Crippen molar-refractivity contribution in [2.45, 2.75) is 52.4 Å². The van der Waals surface area contributed by atoms with Crippen molar-refractivity contribution in [3.63, 3.8) is 0 Å². The van der Waals surface area contributed by atoms with Gasteiger partial charge in [-0.2, -0.15) is 0 Å². The second-order valence-electron chi connectivity index (χ2n) is 7.98. The lowest BCUT2D eigenvalue weighted by Crippen LogP contribution is -2.50. The highest BCUT2D eigenvalue weighted by atomic mass is 16.5. The van der Waals surface area contributed by atoms with Gasteiger partial charge in [-0.3, -0.25) is 9.59 Å². The molecule has 1 aromatic heterocycles. The molecule has 154 valence electrons. The van der Waals surface area contributed by atoms with Crippen LogP contribution in [0.1, 0.15) is 70.6 Å². The number of aryl methyl sites for hydroxylation is 1. The van der Waals surface area contributed by atoms with E-state index in [0.717, 1.165) is 12.3 Å². The van der Waals surface area contributed by atoms with E-state index < -0.39 is 5.97 Å². The Bertz CT molecular complexity index is 741. The van der Waals surface area contributed by atoms with E-state index in [1.54, 1.807) is 18.7 Å². The van der Waals surface area contributed by atoms with Crippen LogP contribution in [0.25, 0.3) is 0 Å². The molecule has 0 bridgehead atoms. The fourth-order valence-electron chi connectivity index (χ4n) is 4.47. The minimum absolute atomic E-state index is 0.131. The molecule has 0 aromatic carbocycles. The van der Waals surface area contributed by atoms with Crippen LogP contribution in [-0.4, -0.2) is 65.9 Å². The first kappa shape index (κ1) is 20.4. The molecule has 1 saturated heterocycles. The number of amides is 2. The summed E-state index contributed by atoms with van der Waals surface area (Å²) in [6.07, 6.45) is 6.74. The summed E-state index contributed by atoms with van der Waals surface area (Å²) in [6, 6.07) is 0. The normalized spacial score (nSPS) is 17.8. The summed E-state index contributed by atoms with van der Waals surface area (Å²) in [5.41, 5.74) is 2.10. The predicted octanol–water partition coefficient (Wildman–Crippen LogP) is 2.67. The third kappa shape index (κ3) is 4.23. The van der Waals surface area contributed by atoms with Crippen molar-refractivity contribution in [3.8, 4) is 0 Å². The van der Waals surface area contributed by atoms with Crippen LogP contribution in [-0.2, 0) is 9.53 Å². The lowest BCUT2D eigenvalue weighted by atomic mass is 10.0. The second-order valence-corrected chi connectivity index (χ2v) is 7.98. The second kappa shape index (κ2) is 8.80. The molecule has 28 heavy (non-hydrogen) atoms. The van der Waals surface area contributed by atoms with Crippen molar-refractivity contribution in [2.75, 3.05) is 33.3 Å². The minimum atomic E-state index is -0.442. The fourth-order valence-corrected chi connectivity index (χ4v) is 4.47. The summed E-state index contributed by atoms with van der Waals surface area (Å²) in [5.74, 6) is 0.352. The number of nitrogens with zero attached hydrogens (tertiary/aromatic N) is 2. The van der Waals surface area contributed by atoms with Crippen LogP contribution in [0.5, 0.6) is 0 Å². The number of H-pyrrole nitrogens is 1. The van der Waals surface area contributed by atoms with E-state index in [0.29, 0.717) is 55.1 Å². The molecule has 0 unspecified atom stereocenters. The van der Waals surface area contributed by atoms with Crippen LogP contribution in [0, 0.1) is 19.8 Å². The molecule has 2 fully saturated rings. The Morgan fingerprint density at radius 3 is 2.25 bits per heavy atom. The first-order chi connectivity index (χ1) is 13.4. The molecule has 1 aromatic rings. The molecule has 1 aliphatic heterocycles. The average molecular weight is 389 g/mol. The van der Waals surface area contributed by atoms with Crippen molar-refractivity contribution in [3.05, 3.63) is 22.5 Å². The van der Waals surface area contributed by atoms with Crippen LogP contribution in [0.2, 0.25) is 0 Å². The number of aromatic amines is 1. The molecule has 1 saturated carbocycles. The molecular formula is C21H31N3O4. The number of carbonyl (C=O) groups excluding carboxylic acids is 3. The summed E-state index contributed by atoms with van der Waals surface area (Å²) in [5, 5.41) is 0. The summed E-state index contributed by atoms with van der Waals surface area (Å²) < 4.78 is 4.81. The van der Waals surface area contributed by atoms with Crippen LogP contribution < -0.4 is 0 Å². The van der Waals surface area contributed by atoms with Gasteiger partial charge in [0.1, 0.15) is 5.69 Å². The maximum absolute atomic E-state index is 12.9. The van der Waals surface area contributed by atoms with Gasteiger partial charge < -0.3 is 19.5 Å². The fraction of sp³-hybridized carbons (Fsp3) is 0.667. The molecule has 1 aliphatic carbocycles. The van der Waals surface area contributed by atoms with Crippen molar-refractivity contribution >= 4 is 17.8 Å². The van der Waals surface area contributed by atoms with E-state index in [1.165, 1.54) is 32.8 Å². The number of aromatic nitrogens is 1. The zero-order valence-electron chi connectivity index (χ0n) is 17.2. The van der Waals surface area contributed by atoms with Gasteiger partial charge in [-0.1, -0.05) is 25.7 Å². The Balaban J connectivity index is 1.55. The molecule has 0 spiro atoms. The lowest BCUT2D eigenvalue weighted by Gasteiger charge is -2.35. The third-order valence-corrected chi connectivity index (χ3v) is 6.20. The minimum Gasteiger partial charge on any atom is -0.465 e. The number of methoxy groups -OCH3 is 1. The van der Waals surface area contributed by atoms with E-state index in [4.69, 9.17) is 4.74 Å². The Hall–Kier alpha value is -2.31. The van der Waals surface area contributed by atoms with E-state index in [1.807, 2.05) is 4.90 Å². The quantitative estimate of drug-likeness (QED) is 0.785. The number of ether oxygens (including phenoxy) is 1. The van der Waals surface area contributed by atoms with Crippen molar-refractivity contribution in [1.29, 1.82) is 0 Å². The Morgan fingerprint density at radius 2 is 1.64 bits per heavy atom. The maximum atomic E-state index is 12.9. The SMILES string of the molecule is COC(=O)c1c(C)[nH]c(C(=O)N2CCN(C(=O)CCC3CCCC3)CC2)c1C. The molecule has 7 nitrogen and oxygen atoms in total. The zero-order chi connectivity index (χ0) is 20.3. The van der Waals surface area contributed by atoms with E-state index in [-0.39, 0.29) is 11.8 Å². The molecule has 0 radical (unpaired) electrons. The molecule has 2 aliphatic rings. The van der Waals surface area contributed by atoms with E-state index >= 15 is 0 Å². The lowest BCUT2D eigenvalue weighted by molar-refractivity contribution is -0.133. The topological polar surface area (TPSA) is 82.7 Å². The first-order valence-electron chi connectivity index (χ1n) is 10.3. The molecule has 1 N–H and O–H groups in total. The van der Waals surface area contributed by atoms with Crippen LogP contribution in [0.4, 0.5) is 0 Å². The highest BCUT2D eigenvalue weighted by Gasteiger charge is 2.29. The summed E-state index contributed by atoms with van der Waals surface area (Å²) in [4.78, 5) is 44.0. The molecular weight excluding hydrogens is 358 g/mol. The Kier molecular flexibility index (Phi) is 6.42. The van der Waals surface area contributed by atoms with E-state index in [2.05, 4.69) is 4.98 Å². The predicted molar refractivity (Wildman–Crippen MR) is 105 cm³/mol. The number of nitrogens with one attached hydrogen (secondary N) is 1.